The summed E-state index contributed by atoms with van der Waals surface area (Å²) in [4.78, 5) is 47.9. The largest absolute Gasteiger partial charge is 0.480 e. The van der Waals surface area contributed by atoms with Gasteiger partial charge in [-0.25, -0.2) is 0 Å². The number of aliphatic carboxylic acids is 1. The van der Waals surface area contributed by atoms with Crippen LogP contribution in [0.4, 0.5) is 5.69 Å². The molecule has 0 spiro atoms. The minimum Gasteiger partial charge on any atom is -0.480 e. The average Bonchev–Trinajstić information content (AvgIpc) is 2.34. The van der Waals surface area contributed by atoms with Gasteiger partial charge < -0.3 is 15.0 Å². The molecule has 0 saturated carbocycles. The Kier molecular flexibility index (Phi) is 4.46. The van der Waals surface area contributed by atoms with Gasteiger partial charge >= 0.3 is 5.97 Å². The maximum Gasteiger partial charge on any atom is 0.323 e. The topological polar surface area (TPSA) is 134 Å². The van der Waals surface area contributed by atoms with Crippen molar-refractivity contribution in [2.75, 3.05) is 6.54 Å². The molecule has 1 aromatic heterocycles. The average molecular weight is 297 g/mol. The zero-order valence-electron chi connectivity index (χ0n) is 11.7. The Morgan fingerprint density at radius 1 is 1.43 bits per heavy atom. The molecule has 0 aliphatic heterocycles. The minimum atomic E-state index is -1.25. The standard InChI is InChI=1S/C12H15N3O6/c1-12(2,3)14(6-9(16)17)11(19)8-4-7(15(20)21)5-13-10(8)18/h4-5H,6H2,1-3H3,(H,13,18)(H,16,17). The number of hydrogen-bond donors (Lipinski definition) is 2. The third-order valence-corrected chi connectivity index (χ3v) is 2.68. The fourth-order valence-corrected chi connectivity index (χ4v) is 1.63. The smallest absolute Gasteiger partial charge is 0.323 e. The molecule has 1 amide bonds. The Bertz CT molecular complexity index is 643. The van der Waals surface area contributed by atoms with Crippen molar-refractivity contribution in [2.24, 2.45) is 0 Å². The molecule has 0 atom stereocenters. The number of aromatic amines is 1. The van der Waals surface area contributed by atoms with Crippen molar-refractivity contribution in [1.29, 1.82) is 0 Å². The van der Waals surface area contributed by atoms with Crippen molar-refractivity contribution < 1.29 is 19.6 Å². The van der Waals surface area contributed by atoms with E-state index in [1.165, 1.54) is 0 Å². The van der Waals surface area contributed by atoms with Gasteiger partial charge in [0.15, 0.2) is 0 Å². The van der Waals surface area contributed by atoms with Gasteiger partial charge in [0.25, 0.3) is 17.2 Å². The zero-order valence-corrected chi connectivity index (χ0v) is 11.7. The summed E-state index contributed by atoms with van der Waals surface area (Å²) in [5.74, 6) is -2.13. The Labute approximate surface area is 119 Å². The number of nitro groups is 1. The number of carbonyl (C=O) groups excluding carboxylic acids is 1. The molecule has 9 heteroatoms. The van der Waals surface area contributed by atoms with Crippen LogP contribution in [-0.2, 0) is 4.79 Å². The number of H-pyrrole nitrogens is 1. The van der Waals surface area contributed by atoms with E-state index < -0.39 is 45.7 Å². The lowest BCUT2D eigenvalue weighted by atomic mass is 10.0. The van der Waals surface area contributed by atoms with Gasteiger partial charge in [0.1, 0.15) is 12.1 Å². The molecular weight excluding hydrogens is 282 g/mol. The van der Waals surface area contributed by atoms with Gasteiger partial charge in [-0.2, -0.15) is 0 Å². The van der Waals surface area contributed by atoms with E-state index in [1.807, 2.05) is 0 Å². The summed E-state index contributed by atoms with van der Waals surface area (Å²) in [6.45, 7) is 4.17. The highest BCUT2D eigenvalue weighted by molar-refractivity contribution is 5.96. The molecule has 0 aromatic carbocycles. The summed E-state index contributed by atoms with van der Waals surface area (Å²) in [6.07, 6.45) is 0.873. The van der Waals surface area contributed by atoms with E-state index in [0.29, 0.717) is 0 Å². The van der Waals surface area contributed by atoms with Crippen LogP contribution in [0.25, 0.3) is 0 Å². The van der Waals surface area contributed by atoms with Crippen molar-refractivity contribution in [1.82, 2.24) is 9.88 Å². The molecule has 0 aliphatic carbocycles. The summed E-state index contributed by atoms with van der Waals surface area (Å²) in [5, 5.41) is 19.6. The van der Waals surface area contributed by atoms with Crippen molar-refractivity contribution >= 4 is 17.6 Å². The van der Waals surface area contributed by atoms with Gasteiger partial charge in [0, 0.05) is 11.6 Å². The van der Waals surface area contributed by atoms with Crippen molar-refractivity contribution in [3.05, 3.63) is 38.3 Å². The lowest BCUT2D eigenvalue weighted by molar-refractivity contribution is -0.385. The SMILES string of the molecule is CC(C)(C)N(CC(=O)O)C(=O)c1cc([N+](=O)[O-])c[nH]c1=O. The van der Waals surface area contributed by atoms with E-state index in [-0.39, 0.29) is 0 Å². The molecule has 9 nitrogen and oxygen atoms in total. The summed E-state index contributed by atoms with van der Waals surface area (Å²) in [7, 11) is 0. The highest BCUT2D eigenvalue weighted by Gasteiger charge is 2.31. The number of pyridine rings is 1. The number of carbonyl (C=O) groups is 2. The Morgan fingerprint density at radius 2 is 2.00 bits per heavy atom. The lowest BCUT2D eigenvalue weighted by Crippen LogP contribution is -2.49. The maximum absolute atomic E-state index is 12.3. The number of carboxylic acids is 1. The highest BCUT2D eigenvalue weighted by atomic mass is 16.6. The summed E-state index contributed by atoms with van der Waals surface area (Å²) < 4.78 is 0. The third-order valence-electron chi connectivity index (χ3n) is 2.68. The number of nitrogens with zero attached hydrogens (tertiary/aromatic N) is 2. The number of rotatable bonds is 4. The summed E-state index contributed by atoms with van der Waals surface area (Å²) >= 11 is 0. The van der Waals surface area contributed by atoms with E-state index in [0.717, 1.165) is 17.2 Å². The number of aromatic nitrogens is 1. The highest BCUT2D eigenvalue weighted by Crippen LogP contribution is 2.17. The Balaban J connectivity index is 3.33. The van der Waals surface area contributed by atoms with Crippen LogP contribution in [0.1, 0.15) is 31.1 Å². The van der Waals surface area contributed by atoms with E-state index in [1.54, 1.807) is 20.8 Å². The van der Waals surface area contributed by atoms with E-state index in [2.05, 4.69) is 4.98 Å². The number of nitrogens with one attached hydrogen (secondary N) is 1. The van der Waals surface area contributed by atoms with Gasteiger partial charge in [0.05, 0.1) is 11.1 Å². The van der Waals surface area contributed by atoms with E-state index >= 15 is 0 Å². The lowest BCUT2D eigenvalue weighted by Gasteiger charge is -2.34. The monoisotopic (exact) mass is 297 g/mol. The van der Waals surface area contributed by atoms with Gasteiger partial charge in [-0.05, 0) is 20.8 Å². The summed E-state index contributed by atoms with van der Waals surface area (Å²) in [6, 6.07) is 0.835. The van der Waals surface area contributed by atoms with Crippen LogP contribution in [0.3, 0.4) is 0 Å². The molecule has 1 aromatic rings. The molecule has 2 N–H and O–H groups in total. The normalized spacial score (nSPS) is 11.0. The Hall–Kier alpha value is -2.71. The minimum absolute atomic E-state index is 0.456. The van der Waals surface area contributed by atoms with Crippen LogP contribution < -0.4 is 5.56 Å². The van der Waals surface area contributed by atoms with Crippen LogP contribution in [0, 0.1) is 10.1 Å². The molecule has 1 heterocycles. The zero-order chi connectivity index (χ0) is 16.4. The molecule has 0 fully saturated rings. The molecule has 0 radical (unpaired) electrons. The number of amides is 1. The molecular formula is C12H15N3O6. The fraction of sp³-hybridized carbons (Fsp3) is 0.417. The molecule has 1 rings (SSSR count). The van der Waals surface area contributed by atoms with Gasteiger partial charge in [0.2, 0.25) is 0 Å². The van der Waals surface area contributed by atoms with Crippen molar-refractivity contribution in [2.45, 2.75) is 26.3 Å². The summed E-state index contributed by atoms with van der Waals surface area (Å²) in [5.41, 5.74) is -2.61. The van der Waals surface area contributed by atoms with Gasteiger partial charge in [-0.15, -0.1) is 0 Å². The second-order valence-corrected chi connectivity index (χ2v) is 5.31. The first kappa shape index (κ1) is 16.3. The Morgan fingerprint density at radius 3 is 2.43 bits per heavy atom. The molecule has 0 aliphatic rings. The first-order valence-corrected chi connectivity index (χ1v) is 5.95. The second kappa shape index (κ2) is 5.73. The molecule has 21 heavy (non-hydrogen) atoms. The van der Waals surface area contributed by atoms with Crippen molar-refractivity contribution in [3.63, 3.8) is 0 Å². The fourth-order valence-electron chi connectivity index (χ4n) is 1.63. The molecule has 0 bridgehead atoms. The quantitative estimate of drug-likeness (QED) is 0.617. The number of carboxylic acid groups (broad SMARTS) is 1. The van der Waals surface area contributed by atoms with Crippen LogP contribution >= 0.6 is 0 Å². The van der Waals surface area contributed by atoms with Crippen LogP contribution in [0.5, 0.6) is 0 Å². The first-order chi connectivity index (χ1) is 9.54. The van der Waals surface area contributed by atoms with Crippen molar-refractivity contribution in [3.8, 4) is 0 Å². The van der Waals surface area contributed by atoms with Crippen LogP contribution in [0.15, 0.2) is 17.1 Å². The first-order valence-electron chi connectivity index (χ1n) is 5.95. The molecule has 0 unspecified atom stereocenters. The second-order valence-electron chi connectivity index (χ2n) is 5.31. The van der Waals surface area contributed by atoms with Gasteiger partial charge in [-0.1, -0.05) is 0 Å². The molecule has 114 valence electrons. The molecule has 0 saturated heterocycles. The van der Waals surface area contributed by atoms with Crippen LogP contribution in [0.2, 0.25) is 0 Å². The predicted octanol–water partition coefficient (Wildman–Crippen LogP) is 0.608. The number of hydrogen-bond acceptors (Lipinski definition) is 5. The third kappa shape index (κ3) is 3.88. The van der Waals surface area contributed by atoms with E-state index in [4.69, 9.17) is 5.11 Å². The van der Waals surface area contributed by atoms with Gasteiger partial charge in [-0.3, -0.25) is 24.5 Å². The van der Waals surface area contributed by atoms with Crippen LogP contribution in [-0.4, -0.2) is 43.9 Å². The maximum atomic E-state index is 12.3. The van der Waals surface area contributed by atoms with E-state index in [9.17, 15) is 24.5 Å². The predicted molar refractivity (Wildman–Crippen MR) is 72.1 cm³/mol.